The lowest BCUT2D eigenvalue weighted by Gasteiger charge is -2.09. The van der Waals surface area contributed by atoms with Crippen molar-refractivity contribution >= 4 is 29.2 Å². The first-order valence-corrected chi connectivity index (χ1v) is 11.3. The average molecular weight is 515 g/mol. The number of aromatic amines is 1. The zero-order valence-electron chi connectivity index (χ0n) is 18.5. The quantitative estimate of drug-likeness (QED) is 0.310. The minimum atomic E-state index is -1.22. The lowest BCUT2D eigenvalue weighted by atomic mass is 10.1. The molecule has 36 heavy (non-hydrogen) atoms. The van der Waals surface area contributed by atoms with Crippen LogP contribution in [0.15, 0.2) is 48.7 Å². The number of hydrogen-bond donors (Lipinski definition) is 3. The number of halogens is 4. The van der Waals surface area contributed by atoms with Crippen molar-refractivity contribution in [3.05, 3.63) is 93.7 Å². The van der Waals surface area contributed by atoms with E-state index in [0.29, 0.717) is 18.1 Å². The number of carbonyl (C=O) groups excluding carboxylic acids is 2. The lowest BCUT2D eigenvalue weighted by molar-refractivity contribution is 0.0945. The maximum absolute atomic E-state index is 13.5. The van der Waals surface area contributed by atoms with Crippen LogP contribution in [0.5, 0.6) is 0 Å². The first kappa shape index (κ1) is 23.6. The minimum Gasteiger partial charge on any atom is -0.347 e. The second-order valence-electron chi connectivity index (χ2n) is 8.27. The molecule has 2 aromatic heterocycles. The number of nitrogens with zero attached hydrogens (tertiary/aromatic N) is 3. The number of carbonyl (C=O) groups is 2. The van der Waals surface area contributed by atoms with Crippen molar-refractivity contribution in [2.75, 3.05) is 5.32 Å². The molecule has 0 atom stereocenters. The SMILES string of the molecule is O=C(NCc1cnn(-c2ccc(F)cc2)c1C1CC1)c1cc(NC(=O)c2cc(F)c(F)cc2Cl)n[nH]1. The van der Waals surface area contributed by atoms with E-state index in [1.165, 1.54) is 18.2 Å². The Morgan fingerprint density at radius 3 is 2.50 bits per heavy atom. The molecular formula is C24H18ClF3N6O2. The van der Waals surface area contributed by atoms with Crippen LogP contribution in [0, 0.1) is 17.5 Å². The van der Waals surface area contributed by atoms with E-state index >= 15 is 0 Å². The van der Waals surface area contributed by atoms with Gasteiger partial charge < -0.3 is 10.6 Å². The third kappa shape index (κ3) is 4.82. The number of nitrogens with one attached hydrogen (secondary N) is 3. The van der Waals surface area contributed by atoms with Crippen molar-refractivity contribution < 1.29 is 22.8 Å². The molecule has 4 aromatic rings. The minimum absolute atomic E-state index is 0.00579. The highest BCUT2D eigenvalue weighted by Crippen LogP contribution is 2.42. The van der Waals surface area contributed by atoms with Gasteiger partial charge in [0.1, 0.15) is 11.5 Å². The van der Waals surface area contributed by atoms with Gasteiger partial charge >= 0.3 is 0 Å². The van der Waals surface area contributed by atoms with Gasteiger partial charge in [0.15, 0.2) is 17.5 Å². The summed E-state index contributed by atoms with van der Waals surface area (Å²) in [5.41, 5.74) is 2.31. The fourth-order valence-corrected chi connectivity index (χ4v) is 4.00. The average Bonchev–Trinajstić information content (AvgIpc) is 3.43. The fourth-order valence-electron chi connectivity index (χ4n) is 3.76. The lowest BCUT2D eigenvalue weighted by Crippen LogP contribution is -2.23. The van der Waals surface area contributed by atoms with E-state index in [4.69, 9.17) is 11.6 Å². The van der Waals surface area contributed by atoms with Gasteiger partial charge in [-0.25, -0.2) is 17.9 Å². The zero-order valence-corrected chi connectivity index (χ0v) is 19.2. The summed E-state index contributed by atoms with van der Waals surface area (Å²) >= 11 is 5.82. The van der Waals surface area contributed by atoms with E-state index in [2.05, 4.69) is 25.9 Å². The molecule has 0 spiro atoms. The third-order valence-electron chi connectivity index (χ3n) is 5.68. The predicted octanol–water partition coefficient (Wildman–Crippen LogP) is 4.73. The van der Waals surface area contributed by atoms with Crippen LogP contribution in [0.1, 0.15) is 50.9 Å². The molecule has 184 valence electrons. The number of aromatic nitrogens is 4. The van der Waals surface area contributed by atoms with Gasteiger partial charge in [0.25, 0.3) is 11.8 Å². The zero-order chi connectivity index (χ0) is 25.4. The van der Waals surface area contributed by atoms with Gasteiger partial charge in [-0.1, -0.05) is 11.6 Å². The summed E-state index contributed by atoms with van der Waals surface area (Å²) < 4.78 is 41.8. The monoisotopic (exact) mass is 514 g/mol. The molecule has 1 aliphatic carbocycles. The highest BCUT2D eigenvalue weighted by atomic mass is 35.5. The molecular weight excluding hydrogens is 497 g/mol. The summed E-state index contributed by atoms with van der Waals surface area (Å²) in [4.78, 5) is 25.0. The molecule has 1 saturated carbocycles. The molecule has 0 unspecified atom stereocenters. The largest absolute Gasteiger partial charge is 0.347 e. The summed E-state index contributed by atoms with van der Waals surface area (Å²) in [5.74, 6) is -3.74. The molecule has 2 heterocycles. The Morgan fingerprint density at radius 2 is 1.78 bits per heavy atom. The second kappa shape index (κ2) is 9.50. The molecule has 12 heteroatoms. The van der Waals surface area contributed by atoms with Crippen molar-refractivity contribution in [2.45, 2.75) is 25.3 Å². The smallest absolute Gasteiger partial charge is 0.269 e. The fraction of sp³-hybridized carbons (Fsp3) is 0.167. The van der Waals surface area contributed by atoms with Gasteiger partial charge in [0, 0.05) is 24.1 Å². The summed E-state index contributed by atoms with van der Waals surface area (Å²) in [5, 5.41) is 15.7. The van der Waals surface area contributed by atoms with E-state index in [9.17, 15) is 22.8 Å². The number of rotatable bonds is 7. The van der Waals surface area contributed by atoms with Crippen molar-refractivity contribution in [1.29, 1.82) is 0 Å². The van der Waals surface area contributed by atoms with Crippen molar-refractivity contribution in [3.63, 3.8) is 0 Å². The molecule has 3 N–H and O–H groups in total. The maximum atomic E-state index is 13.5. The van der Waals surface area contributed by atoms with Crippen LogP contribution >= 0.6 is 11.6 Å². The maximum Gasteiger partial charge on any atom is 0.269 e. The second-order valence-corrected chi connectivity index (χ2v) is 8.67. The van der Waals surface area contributed by atoms with Gasteiger partial charge in [0.2, 0.25) is 0 Å². The summed E-state index contributed by atoms with van der Waals surface area (Å²) in [6.07, 6.45) is 3.67. The Hall–Kier alpha value is -4.12. The Bertz CT molecular complexity index is 1460. The van der Waals surface area contributed by atoms with Crippen LogP contribution in [0.2, 0.25) is 5.02 Å². The molecule has 0 bridgehead atoms. The third-order valence-corrected chi connectivity index (χ3v) is 5.99. The molecule has 1 fully saturated rings. The number of hydrogen-bond acceptors (Lipinski definition) is 4. The molecule has 0 aliphatic heterocycles. The summed E-state index contributed by atoms with van der Waals surface area (Å²) in [6, 6.07) is 8.69. The molecule has 2 aromatic carbocycles. The first-order valence-electron chi connectivity index (χ1n) is 10.9. The standard InChI is InChI=1S/C24H18ClF3N6O2/c25-17-8-19(28)18(27)7-16(17)23(35)31-21-9-20(32-33-21)24(36)29-10-13-11-30-34(22(13)12-1-2-12)15-5-3-14(26)4-6-15/h3-9,11-12H,1-2,10H2,(H,29,36)(H2,31,32,33,35). The number of anilines is 1. The topological polar surface area (TPSA) is 105 Å². The number of H-pyrrole nitrogens is 1. The Morgan fingerprint density at radius 1 is 1.06 bits per heavy atom. The predicted molar refractivity (Wildman–Crippen MR) is 125 cm³/mol. The molecule has 8 nitrogen and oxygen atoms in total. The van der Waals surface area contributed by atoms with E-state index in [1.807, 2.05) is 0 Å². The van der Waals surface area contributed by atoms with Crippen LogP contribution in [0.25, 0.3) is 5.69 Å². The summed E-state index contributed by atoms with van der Waals surface area (Å²) in [7, 11) is 0. The van der Waals surface area contributed by atoms with Gasteiger partial charge in [-0.3, -0.25) is 14.7 Å². The van der Waals surface area contributed by atoms with Gasteiger partial charge in [-0.05, 0) is 49.2 Å². The van der Waals surface area contributed by atoms with Gasteiger partial charge in [-0.15, -0.1) is 0 Å². The molecule has 0 radical (unpaired) electrons. The van der Waals surface area contributed by atoms with E-state index in [-0.39, 0.29) is 34.5 Å². The van der Waals surface area contributed by atoms with Crippen LogP contribution in [-0.2, 0) is 6.54 Å². The molecule has 0 saturated heterocycles. The highest BCUT2D eigenvalue weighted by molar-refractivity contribution is 6.34. The van der Waals surface area contributed by atoms with Crippen molar-refractivity contribution in [2.24, 2.45) is 0 Å². The van der Waals surface area contributed by atoms with Crippen LogP contribution in [0.4, 0.5) is 19.0 Å². The molecule has 2 amide bonds. The van der Waals surface area contributed by atoms with Gasteiger partial charge in [-0.2, -0.15) is 10.2 Å². The Labute approximate surface area is 207 Å². The van der Waals surface area contributed by atoms with E-state index in [1.54, 1.807) is 23.0 Å². The summed E-state index contributed by atoms with van der Waals surface area (Å²) in [6.45, 7) is 0.192. The van der Waals surface area contributed by atoms with E-state index < -0.39 is 23.4 Å². The van der Waals surface area contributed by atoms with Gasteiger partial charge in [0.05, 0.1) is 28.2 Å². The van der Waals surface area contributed by atoms with Crippen LogP contribution in [-0.4, -0.2) is 31.8 Å². The van der Waals surface area contributed by atoms with Crippen molar-refractivity contribution in [1.82, 2.24) is 25.3 Å². The normalized spacial score (nSPS) is 13.0. The first-order chi connectivity index (χ1) is 17.3. The van der Waals surface area contributed by atoms with E-state index in [0.717, 1.165) is 29.8 Å². The van der Waals surface area contributed by atoms with Crippen molar-refractivity contribution in [3.8, 4) is 5.69 Å². The Balaban J connectivity index is 1.26. The van der Waals surface area contributed by atoms with Crippen LogP contribution < -0.4 is 10.6 Å². The molecule has 5 rings (SSSR count). The van der Waals surface area contributed by atoms with Crippen LogP contribution in [0.3, 0.4) is 0 Å². The number of amides is 2. The Kier molecular flexibility index (Phi) is 6.23. The molecule has 1 aliphatic rings. The highest BCUT2D eigenvalue weighted by Gasteiger charge is 2.31. The number of benzene rings is 2.